The summed E-state index contributed by atoms with van der Waals surface area (Å²) >= 11 is 0. The molecule has 1 N–H and O–H groups in total. The number of nitrogens with zero attached hydrogens (tertiary/aromatic N) is 4. The topological polar surface area (TPSA) is 55.6 Å². The smallest absolute Gasteiger partial charge is 0.242 e. The molecule has 0 aliphatic carbocycles. The summed E-state index contributed by atoms with van der Waals surface area (Å²) in [5.74, 6) is 1.55. The lowest BCUT2D eigenvalue weighted by Crippen LogP contribution is -2.01. The molecule has 2 aromatic rings. The highest BCUT2D eigenvalue weighted by Gasteiger charge is 2.09. The second kappa shape index (κ2) is 11.0. The highest BCUT2D eigenvalue weighted by Crippen LogP contribution is 2.17. The van der Waals surface area contributed by atoms with Crippen molar-refractivity contribution in [3.63, 3.8) is 0 Å². The third-order valence-electron chi connectivity index (χ3n) is 2.24. The Labute approximate surface area is 122 Å². The van der Waals surface area contributed by atoms with Crippen LogP contribution >= 0.6 is 0 Å². The molecular weight excluding hydrogens is 250 g/mol. The Morgan fingerprint density at radius 1 is 1.05 bits per heavy atom. The zero-order valence-corrected chi connectivity index (χ0v) is 13.5. The van der Waals surface area contributed by atoms with Crippen molar-refractivity contribution >= 4 is 5.95 Å². The minimum absolute atomic E-state index is 0.677. The van der Waals surface area contributed by atoms with Gasteiger partial charge in [-0.25, -0.2) is 4.68 Å². The predicted octanol–water partition coefficient (Wildman–Crippen LogP) is 3.84. The van der Waals surface area contributed by atoms with Crippen LogP contribution in [0.2, 0.25) is 0 Å². The van der Waals surface area contributed by atoms with Gasteiger partial charge in [0.05, 0.1) is 0 Å². The molecule has 0 aliphatic heterocycles. The van der Waals surface area contributed by atoms with Gasteiger partial charge < -0.3 is 5.32 Å². The van der Waals surface area contributed by atoms with Crippen LogP contribution in [0, 0.1) is 0 Å². The third kappa shape index (κ3) is 4.99. The molecule has 0 unspecified atom stereocenters. The third-order valence-corrected chi connectivity index (χ3v) is 2.24. The summed E-state index contributed by atoms with van der Waals surface area (Å²) in [4.78, 5) is 8.45. The molecule has 5 nitrogen and oxygen atoms in total. The van der Waals surface area contributed by atoms with Crippen molar-refractivity contribution < 1.29 is 0 Å². The van der Waals surface area contributed by atoms with Gasteiger partial charge in [-0.15, -0.1) is 5.10 Å². The van der Waals surface area contributed by atoms with Crippen molar-refractivity contribution in [2.24, 2.45) is 0 Å². The number of pyridine rings is 1. The minimum Gasteiger partial charge on any atom is -0.353 e. The molecule has 0 aromatic carbocycles. The molecule has 0 fully saturated rings. The zero-order valence-electron chi connectivity index (χ0n) is 13.5. The molecule has 2 aromatic heterocycles. The van der Waals surface area contributed by atoms with E-state index < -0.39 is 0 Å². The van der Waals surface area contributed by atoms with Gasteiger partial charge in [-0.1, -0.05) is 27.7 Å². The van der Waals surface area contributed by atoms with Gasteiger partial charge in [-0.2, -0.15) is 4.98 Å². The largest absolute Gasteiger partial charge is 0.353 e. The van der Waals surface area contributed by atoms with Crippen LogP contribution in [0.15, 0.2) is 24.5 Å². The molecule has 0 atom stereocenters. The van der Waals surface area contributed by atoms with E-state index in [9.17, 15) is 0 Å². The van der Waals surface area contributed by atoms with Crippen LogP contribution in [-0.4, -0.2) is 26.3 Å². The van der Waals surface area contributed by atoms with Crippen molar-refractivity contribution in [2.45, 2.75) is 48.1 Å². The Hall–Kier alpha value is -1.91. The van der Waals surface area contributed by atoms with Gasteiger partial charge in [0.15, 0.2) is 5.82 Å². The van der Waals surface area contributed by atoms with Gasteiger partial charge in [0.1, 0.15) is 0 Å². The predicted molar refractivity (Wildman–Crippen MR) is 85.8 cm³/mol. The van der Waals surface area contributed by atoms with Crippen molar-refractivity contribution in [1.82, 2.24) is 19.7 Å². The summed E-state index contributed by atoms with van der Waals surface area (Å²) in [6.45, 7) is 13.7. The fraction of sp³-hybridized carbons (Fsp3) is 0.533. The van der Waals surface area contributed by atoms with Crippen LogP contribution in [0.25, 0.3) is 11.4 Å². The maximum atomic E-state index is 4.45. The molecule has 2 rings (SSSR count). The molecule has 0 saturated carbocycles. The fourth-order valence-corrected chi connectivity index (χ4v) is 1.51. The molecule has 0 radical (unpaired) electrons. The van der Waals surface area contributed by atoms with Crippen molar-refractivity contribution in [3.8, 4) is 11.4 Å². The maximum Gasteiger partial charge on any atom is 0.242 e. The number of aromatic nitrogens is 4. The van der Waals surface area contributed by atoms with Crippen LogP contribution in [0.4, 0.5) is 5.95 Å². The molecule has 0 spiro atoms. The van der Waals surface area contributed by atoms with Gasteiger partial charge in [0, 0.05) is 31.0 Å². The standard InChI is InChI=1S/C11H15N5.2C2H6/c1-3-13-11-14-10(16(4-2)15-11)9-5-7-12-8-6-9;2*1-2/h5-8H,3-4H2,1-2H3,(H,13,15);2*1-2H3. The summed E-state index contributed by atoms with van der Waals surface area (Å²) in [6, 6.07) is 3.87. The molecule has 20 heavy (non-hydrogen) atoms. The zero-order chi connectivity index (χ0) is 15.4. The second-order valence-corrected chi connectivity index (χ2v) is 3.34. The monoisotopic (exact) mass is 277 g/mol. The molecule has 0 saturated heterocycles. The molecule has 2 heterocycles. The van der Waals surface area contributed by atoms with Gasteiger partial charge in [-0.05, 0) is 26.0 Å². The molecule has 5 heteroatoms. The lowest BCUT2D eigenvalue weighted by atomic mass is 10.2. The van der Waals surface area contributed by atoms with E-state index in [-0.39, 0.29) is 0 Å². The number of aryl methyl sites for hydroxylation is 1. The second-order valence-electron chi connectivity index (χ2n) is 3.34. The summed E-state index contributed by atoms with van der Waals surface area (Å²) in [6.07, 6.45) is 3.52. The quantitative estimate of drug-likeness (QED) is 0.922. The lowest BCUT2D eigenvalue weighted by Gasteiger charge is -2.00. The number of hydrogen-bond donors (Lipinski definition) is 1. The minimum atomic E-state index is 0.677. The summed E-state index contributed by atoms with van der Waals surface area (Å²) in [5.41, 5.74) is 1.04. The first kappa shape index (κ1) is 18.1. The number of hydrogen-bond acceptors (Lipinski definition) is 4. The van der Waals surface area contributed by atoms with E-state index in [1.54, 1.807) is 12.4 Å². The van der Waals surface area contributed by atoms with E-state index in [1.165, 1.54) is 0 Å². The first-order valence-electron chi connectivity index (χ1n) is 7.44. The summed E-state index contributed by atoms with van der Waals surface area (Å²) < 4.78 is 1.88. The van der Waals surface area contributed by atoms with Gasteiger partial charge >= 0.3 is 0 Å². The van der Waals surface area contributed by atoms with Crippen molar-refractivity contribution in [2.75, 3.05) is 11.9 Å². The van der Waals surface area contributed by atoms with Crippen molar-refractivity contribution in [3.05, 3.63) is 24.5 Å². The Bertz CT molecular complexity index is 451. The Kier molecular flexibility index (Phi) is 9.92. The molecule has 0 bridgehead atoms. The summed E-state index contributed by atoms with van der Waals surface area (Å²) in [5, 5.41) is 7.48. The van der Waals surface area contributed by atoms with Crippen LogP contribution in [0.3, 0.4) is 0 Å². The normalized spacial score (nSPS) is 8.90. The average Bonchev–Trinajstić information content (AvgIpc) is 2.95. The van der Waals surface area contributed by atoms with E-state index in [0.717, 1.165) is 24.5 Å². The lowest BCUT2D eigenvalue weighted by molar-refractivity contribution is 0.667. The van der Waals surface area contributed by atoms with Gasteiger partial charge in [0.2, 0.25) is 5.95 Å². The van der Waals surface area contributed by atoms with Crippen LogP contribution in [0.5, 0.6) is 0 Å². The van der Waals surface area contributed by atoms with E-state index in [1.807, 2.05) is 51.4 Å². The highest BCUT2D eigenvalue weighted by atomic mass is 15.4. The van der Waals surface area contributed by atoms with Crippen LogP contribution in [0.1, 0.15) is 41.5 Å². The van der Waals surface area contributed by atoms with E-state index in [4.69, 9.17) is 0 Å². The Morgan fingerprint density at radius 2 is 1.65 bits per heavy atom. The average molecular weight is 277 g/mol. The van der Waals surface area contributed by atoms with E-state index in [2.05, 4.69) is 27.3 Å². The molecular formula is C15H27N5. The Balaban J connectivity index is 0.000000829. The first-order chi connectivity index (χ1) is 9.85. The molecule has 112 valence electrons. The first-order valence-corrected chi connectivity index (χ1v) is 7.44. The number of anilines is 1. The van der Waals surface area contributed by atoms with Gasteiger partial charge in [0.25, 0.3) is 0 Å². The molecule has 0 amide bonds. The van der Waals surface area contributed by atoms with E-state index in [0.29, 0.717) is 5.95 Å². The fourth-order valence-electron chi connectivity index (χ4n) is 1.51. The summed E-state index contributed by atoms with van der Waals surface area (Å²) in [7, 11) is 0. The van der Waals surface area contributed by atoms with E-state index >= 15 is 0 Å². The maximum absolute atomic E-state index is 4.45. The SMILES string of the molecule is CC.CC.CCNc1nc(-c2ccncc2)n(CC)n1. The Morgan fingerprint density at radius 3 is 2.15 bits per heavy atom. The van der Waals surface area contributed by atoms with Crippen molar-refractivity contribution in [1.29, 1.82) is 0 Å². The molecule has 0 aliphatic rings. The van der Waals surface area contributed by atoms with Crippen LogP contribution < -0.4 is 5.32 Å². The van der Waals surface area contributed by atoms with Gasteiger partial charge in [-0.3, -0.25) is 4.98 Å². The number of rotatable bonds is 4. The highest BCUT2D eigenvalue weighted by molar-refractivity contribution is 5.55. The number of nitrogens with one attached hydrogen (secondary N) is 1. The van der Waals surface area contributed by atoms with Crippen LogP contribution in [-0.2, 0) is 6.54 Å².